The Bertz CT molecular complexity index is 475. The standard InChI is InChI=1S/C15H24N4O/c1-11-7-13(8-14(16-2)18-11)15(20)17-9-12-5-4-6-19(3)10-12/h7-8,12H,4-6,9-10H2,1-3H3,(H,16,18)(H,17,20). The van der Waals surface area contributed by atoms with Gasteiger partial charge >= 0.3 is 0 Å². The Hall–Kier alpha value is -1.62. The van der Waals surface area contributed by atoms with Crippen LogP contribution in [0.2, 0.25) is 0 Å². The minimum Gasteiger partial charge on any atom is -0.373 e. The first-order valence-electron chi connectivity index (χ1n) is 7.21. The van der Waals surface area contributed by atoms with Crippen LogP contribution < -0.4 is 10.6 Å². The van der Waals surface area contributed by atoms with Crippen LogP contribution in [0, 0.1) is 12.8 Å². The molecule has 110 valence electrons. The molecule has 1 aliphatic heterocycles. The van der Waals surface area contributed by atoms with Gasteiger partial charge in [0.1, 0.15) is 5.82 Å². The monoisotopic (exact) mass is 276 g/mol. The zero-order valence-electron chi connectivity index (χ0n) is 12.6. The Morgan fingerprint density at radius 2 is 2.30 bits per heavy atom. The number of hydrogen-bond donors (Lipinski definition) is 2. The molecule has 0 bridgehead atoms. The normalized spacial score (nSPS) is 19.6. The van der Waals surface area contributed by atoms with E-state index >= 15 is 0 Å². The summed E-state index contributed by atoms with van der Waals surface area (Å²) in [6.45, 7) is 4.88. The van der Waals surface area contributed by atoms with Crippen molar-refractivity contribution in [2.45, 2.75) is 19.8 Å². The highest BCUT2D eigenvalue weighted by Crippen LogP contribution is 2.14. The summed E-state index contributed by atoms with van der Waals surface area (Å²) in [4.78, 5) is 18.8. The van der Waals surface area contributed by atoms with Crippen molar-refractivity contribution < 1.29 is 4.79 Å². The number of amides is 1. The lowest BCUT2D eigenvalue weighted by atomic mass is 9.98. The SMILES string of the molecule is CNc1cc(C(=O)NCC2CCCN(C)C2)cc(C)n1. The number of carbonyl (C=O) groups excluding carboxylic acids is 1. The summed E-state index contributed by atoms with van der Waals surface area (Å²) in [5.41, 5.74) is 1.52. The largest absolute Gasteiger partial charge is 0.373 e. The van der Waals surface area contributed by atoms with Gasteiger partial charge in [-0.05, 0) is 51.4 Å². The molecular weight excluding hydrogens is 252 g/mol. The van der Waals surface area contributed by atoms with Crippen LogP contribution in [0.5, 0.6) is 0 Å². The van der Waals surface area contributed by atoms with E-state index in [-0.39, 0.29) is 5.91 Å². The minimum absolute atomic E-state index is 0.0137. The molecule has 1 aromatic heterocycles. The van der Waals surface area contributed by atoms with Crippen molar-refractivity contribution in [3.63, 3.8) is 0 Å². The number of pyridine rings is 1. The predicted molar refractivity (Wildman–Crippen MR) is 81.1 cm³/mol. The van der Waals surface area contributed by atoms with Gasteiger partial charge in [0, 0.05) is 31.4 Å². The van der Waals surface area contributed by atoms with Gasteiger partial charge in [0.2, 0.25) is 0 Å². The maximum atomic E-state index is 12.2. The molecule has 1 aliphatic rings. The lowest BCUT2D eigenvalue weighted by Crippen LogP contribution is -2.39. The molecule has 0 spiro atoms. The van der Waals surface area contributed by atoms with Crippen molar-refractivity contribution >= 4 is 11.7 Å². The number of carbonyl (C=O) groups is 1. The highest BCUT2D eigenvalue weighted by molar-refractivity contribution is 5.95. The molecule has 1 unspecified atom stereocenters. The Morgan fingerprint density at radius 1 is 1.50 bits per heavy atom. The number of rotatable bonds is 4. The molecule has 1 atom stereocenters. The number of hydrogen-bond acceptors (Lipinski definition) is 4. The van der Waals surface area contributed by atoms with Crippen molar-refractivity contribution in [2.75, 3.05) is 39.0 Å². The van der Waals surface area contributed by atoms with Crippen LogP contribution in [-0.4, -0.2) is 49.5 Å². The number of nitrogens with zero attached hydrogens (tertiary/aromatic N) is 2. The van der Waals surface area contributed by atoms with Gasteiger partial charge < -0.3 is 15.5 Å². The van der Waals surface area contributed by atoms with E-state index in [4.69, 9.17) is 0 Å². The maximum absolute atomic E-state index is 12.2. The molecule has 5 nitrogen and oxygen atoms in total. The zero-order chi connectivity index (χ0) is 14.5. The Morgan fingerprint density at radius 3 is 3.00 bits per heavy atom. The topological polar surface area (TPSA) is 57.3 Å². The van der Waals surface area contributed by atoms with Gasteiger partial charge in [-0.1, -0.05) is 0 Å². The average Bonchev–Trinajstić information content (AvgIpc) is 2.44. The van der Waals surface area contributed by atoms with Crippen LogP contribution in [0.25, 0.3) is 0 Å². The molecule has 0 aliphatic carbocycles. The van der Waals surface area contributed by atoms with Crippen molar-refractivity contribution in [1.82, 2.24) is 15.2 Å². The van der Waals surface area contributed by atoms with Crippen molar-refractivity contribution in [3.8, 4) is 0 Å². The zero-order valence-corrected chi connectivity index (χ0v) is 12.6. The van der Waals surface area contributed by atoms with Crippen molar-refractivity contribution in [1.29, 1.82) is 0 Å². The molecule has 5 heteroatoms. The highest BCUT2D eigenvalue weighted by atomic mass is 16.1. The maximum Gasteiger partial charge on any atom is 0.251 e. The summed E-state index contributed by atoms with van der Waals surface area (Å²) in [7, 11) is 3.95. The van der Waals surface area contributed by atoms with Crippen molar-refractivity contribution in [2.24, 2.45) is 5.92 Å². The summed E-state index contributed by atoms with van der Waals surface area (Å²) < 4.78 is 0. The number of anilines is 1. The van der Waals surface area contributed by atoms with Crippen LogP contribution >= 0.6 is 0 Å². The Labute approximate surface area is 120 Å². The fraction of sp³-hybridized carbons (Fsp3) is 0.600. The number of piperidine rings is 1. The van der Waals surface area contributed by atoms with E-state index in [0.29, 0.717) is 11.5 Å². The van der Waals surface area contributed by atoms with E-state index in [1.54, 1.807) is 13.1 Å². The third-order valence-corrected chi connectivity index (χ3v) is 3.75. The van der Waals surface area contributed by atoms with Gasteiger partial charge in [0.15, 0.2) is 0 Å². The van der Waals surface area contributed by atoms with E-state index < -0.39 is 0 Å². The molecule has 2 rings (SSSR count). The average molecular weight is 276 g/mol. The van der Waals surface area contributed by atoms with Gasteiger partial charge in [-0.25, -0.2) is 4.98 Å². The fourth-order valence-electron chi connectivity index (χ4n) is 2.71. The van der Waals surface area contributed by atoms with E-state index in [1.165, 1.54) is 19.4 Å². The summed E-state index contributed by atoms with van der Waals surface area (Å²) in [6.07, 6.45) is 2.41. The first-order chi connectivity index (χ1) is 9.58. The molecule has 0 aromatic carbocycles. The molecule has 1 fully saturated rings. The van der Waals surface area contributed by atoms with Gasteiger partial charge in [-0.15, -0.1) is 0 Å². The second kappa shape index (κ2) is 6.70. The molecule has 1 amide bonds. The molecular formula is C15H24N4O. The predicted octanol–water partition coefficient (Wildman–Crippen LogP) is 1.50. The van der Waals surface area contributed by atoms with Crippen LogP contribution in [-0.2, 0) is 0 Å². The lowest BCUT2D eigenvalue weighted by molar-refractivity contribution is 0.0936. The lowest BCUT2D eigenvalue weighted by Gasteiger charge is -2.29. The molecule has 20 heavy (non-hydrogen) atoms. The summed E-state index contributed by atoms with van der Waals surface area (Å²) in [5.74, 6) is 1.28. The first-order valence-corrected chi connectivity index (χ1v) is 7.21. The number of aryl methyl sites for hydroxylation is 1. The van der Waals surface area contributed by atoms with Gasteiger partial charge in [0.05, 0.1) is 0 Å². The quantitative estimate of drug-likeness (QED) is 0.875. The van der Waals surface area contributed by atoms with Gasteiger partial charge in [0.25, 0.3) is 5.91 Å². The van der Waals surface area contributed by atoms with Gasteiger partial charge in [-0.3, -0.25) is 4.79 Å². The van der Waals surface area contributed by atoms with Crippen LogP contribution in [0.3, 0.4) is 0 Å². The highest BCUT2D eigenvalue weighted by Gasteiger charge is 2.18. The Kier molecular flexibility index (Phi) is 4.95. The van der Waals surface area contributed by atoms with Gasteiger partial charge in [-0.2, -0.15) is 0 Å². The van der Waals surface area contributed by atoms with E-state index in [2.05, 4.69) is 27.6 Å². The summed E-state index contributed by atoms with van der Waals surface area (Å²) in [5, 5.41) is 6.02. The van der Waals surface area contributed by atoms with Crippen LogP contribution in [0.4, 0.5) is 5.82 Å². The van der Waals surface area contributed by atoms with Crippen LogP contribution in [0.1, 0.15) is 28.9 Å². The van der Waals surface area contributed by atoms with Crippen LogP contribution in [0.15, 0.2) is 12.1 Å². The summed E-state index contributed by atoms with van der Waals surface area (Å²) in [6, 6.07) is 3.61. The third-order valence-electron chi connectivity index (χ3n) is 3.75. The molecule has 0 saturated carbocycles. The number of likely N-dealkylation sites (tertiary alicyclic amines) is 1. The van der Waals surface area contributed by atoms with E-state index in [9.17, 15) is 4.79 Å². The second-order valence-electron chi connectivity index (χ2n) is 5.61. The number of nitrogens with one attached hydrogen (secondary N) is 2. The minimum atomic E-state index is -0.0137. The summed E-state index contributed by atoms with van der Waals surface area (Å²) >= 11 is 0. The van der Waals surface area contributed by atoms with E-state index in [1.807, 2.05) is 13.0 Å². The fourth-order valence-corrected chi connectivity index (χ4v) is 2.71. The van der Waals surface area contributed by atoms with Crippen molar-refractivity contribution in [3.05, 3.63) is 23.4 Å². The smallest absolute Gasteiger partial charge is 0.251 e. The molecule has 2 heterocycles. The molecule has 1 aromatic rings. The third kappa shape index (κ3) is 3.93. The number of aromatic nitrogens is 1. The Balaban J connectivity index is 1.93. The molecule has 0 radical (unpaired) electrons. The molecule has 1 saturated heterocycles. The molecule has 2 N–H and O–H groups in total. The first kappa shape index (κ1) is 14.8. The van der Waals surface area contributed by atoms with E-state index in [0.717, 1.165) is 24.6 Å². The second-order valence-corrected chi connectivity index (χ2v) is 5.61.